The molecular formula is C44H50N10O4. The number of aliphatic imine (C=N–C) groups is 2. The van der Waals surface area contributed by atoms with Crippen LogP contribution in [0.2, 0.25) is 0 Å². The molecule has 14 nitrogen and oxygen atoms in total. The molecule has 0 radical (unpaired) electrons. The summed E-state index contributed by atoms with van der Waals surface area (Å²) in [5.74, 6) is 2.34. The third-order valence-corrected chi connectivity index (χ3v) is 11.2. The van der Waals surface area contributed by atoms with Crippen LogP contribution >= 0.6 is 0 Å². The zero-order chi connectivity index (χ0) is 40.0. The molecule has 0 unspecified atom stereocenters. The largest absolute Gasteiger partial charge is 0.355 e. The Morgan fingerprint density at radius 1 is 0.793 bits per heavy atom. The molecule has 3 aliphatic rings. The highest BCUT2D eigenvalue weighted by Gasteiger charge is 2.38. The molecule has 14 heteroatoms. The maximum atomic E-state index is 13.9. The maximum Gasteiger partial charge on any atom is 0.252 e. The minimum atomic E-state index is -0.758. The fourth-order valence-corrected chi connectivity index (χ4v) is 8.17. The number of guanidine groups is 1. The van der Waals surface area contributed by atoms with E-state index in [1.165, 1.54) is 13.5 Å². The van der Waals surface area contributed by atoms with Crippen LogP contribution in [0, 0.1) is 5.92 Å². The van der Waals surface area contributed by atoms with Crippen molar-refractivity contribution in [2.75, 3.05) is 33.3 Å². The number of aromatic amines is 2. The first-order valence-corrected chi connectivity index (χ1v) is 20.1. The molecule has 0 bridgehead atoms. The van der Waals surface area contributed by atoms with Gasteiger partial charge in [-0.05, 0) is 59.4 Å². The Morgan fingerprint density at radius 3 is 1.86 bits per heavy atom. The van der Waals surface area contributed by atoms with Crippen LogP contribution in [0.4, 0.5) is 0 Å². The minimum absolute atomic E-state index is 0.0799. The van der Waals surface area contributed by atoms with E-state index in [-0.39, 0.29) is 35.9 Å². The first kappa shape index (κ1) is 38.6. The molecule has 5 heterocycles. The Balaban J connectivity index is 0.917. The number of likely N-dealkylation sites (tertiary alicyclic amines) is 2. The van der Waals surface area contributed by atoms with Gasteiger partial charge in [0.2, 0.25) is 12.3 Å². The number of amides is 2. The smallest absolute Gasteiger partial charge is 0.252 e. The van der Waals surface area contributed by atoms with Gasteiger partial charge in [-0.2, -0.15) is 4.89 Å². The highest BCUT2D eigenvalue weighted by atomic mass is 17.2. The zero-order valence-electron chi connectivity index (χ0n) is 33.1. The van der Waals surface area contributed by atoms with E-state index in [9.17, 15) is 9.59 Å². The molecule has 300 valence electrons. The summed E-state index contributed by atoms with van der Waals surface area (Å²) in [4.78, 5) is 66.4. The number of benzene rings is 3. The van der Waals surface area contributed by atoms with Gasteiger partial charge in [-0.25, -0.2) is 15.0 Å². The zero-order valence-corrected chi connectivity index (χ0v) is 33.1. The summed E-state index contributed by atoms with van der Waals surface area (Å²) in [6.07, 6.45) is 8.34. The summed E-state index contributed by atoms with van der Waals surface area (Å²) < 4.78 is 0. The predicted octanol–water partition coefficient (Wildman–Crippen LogP) is 6.38. The van der Waals surface area contributed by atoms with Gasteiger partial charge in [0.05, 0.1) is 49.5 Å². The van der Waals surface area contributed by atoms with Crippen molar-refractivity contribution in [3.05, 3.63) is 108 Å². The SMILES string of the molecule is COO/C=N\[C@@H](C(=O)N1CCC[C@H]1c1ncc(-c2ccc(-c3ccc(-c4cnc([C@@H]5CCCN5C(=O)[C@@H](NC5=NCCN5)C(C)C)[nH]4)cc3)cc2)[nH]1)c1ccccc1. The van der Waals surface area contributed by atoms with Crippen molar-refractivity contribution < 1.29 is 19.4 Å². The van der Waals surface area contributed by atoms with Gasteiger partial charge >= 0.3 is 0 Å². The summed E-state index contributed by atoms with van der Waals surface area (Å²) in [6.45, 7) is 6.95. The van der Waals surface area contributed by atoms with E-state index < -0.39 is 6.04 Å². The highest BCUT2D eigenvalue weighted by molar-refractivity contribution is 5.90. The second kappa shape index (κ2) is 17.5. The van der Waals surface area contributed by atoms with Crippen LogP contribution in [0.3, 0.4) is 0 Å². The number of rotatable bonds is 13. The number of H-pyrrole nitrogens is 2. The van der Waals surface area contributed by atoms with Crippen LogP contribution in [0.5, 0.6) is 0 Å². The van der Waals surface area contributed by atoms with Crippen molar-refractivity contribution in [2.24, 2.45) is 15.9 Å². The van der Waals surface area contributed by atoms with E-state index in [1.807, 2.05) is 52.5 Å². The highest BCUT2D eigenvalue weighted by Crippen LogP contribution is 2.36. The summed E-state index contributed by atoms with van der Waals surface area (Å²) in [5, 5.41) is 6.57. The first-order chi connectivity index (χ1) is 28.4. The Labute approximate surface area is 338 Å². The topological polar surface area (TPSA) is 165 Å². The predicted molar refractivity (Wildman–Crippen MR) is 222 cm³/mol. The lowest BCUT2D eigenvalue weighted by Gasteiger charge is -2.30. The van der Waals surface area contributed by atoms with Gasteiger partial charge < -0.3 is 35.3 Å². The second-order valence-electron chi connectivity index (χ2n) is 15.3. The number of nitrogens with one attached hydrogen (secondary N) is 4. The van der Waals surface area contributed by atoms with E-state index in [0.717, 1.165) is 89.6 Å². The normalized spacial score (nSPS) is 19.1. The summed E-state index contributed by atoms with van der Waals surface area (Å²) in [5.41, 5.74) is 6.78. The number of hydrogen-bond donors (Lipinski definition) is 4. The Kier molecular flexibility index (Phi) is 11.6. The number of carbonyl (C=O) groups excluding carboxylic acids is 2. The summed E-state index contributed by atoms with van der Waals surface area (Å²) >= 11 is 0. The molecule has 2 amide bonds. The Hall–Kier alpha value is -6.28. The quantitative estimate of drug-likeness (QED) is 0.0463. The molecule has 2 saturated heterocycles. The average molecular weight is 783 g/mol. The maximum absolute atomic E-state index is 13.9. The van der Waals surface area contributed by atoms with E-state index in [2.05, 4.69) is 97.9 Å². The summed E-state index contributed by atoms with van der Waals surface area (Å²) in [6, 6.07) is 24.9. The molecule has 58 heavy (non-hydrogen) atoms. The van der Waals surface area contributed by atoms with Gasteiger partial charge in [0.25, 0.3) is 5.91 Å². The Bertz CT molecular complexity index is 2230. The number of imidazole rings is 2. The number of nitrogens with zero attached hydrogens (tertiary/aromatic N) is 6. The number of carbonyl (C=O) groups is 2. The minimum Gasteiger partial charge on any atom is -0.355 e. The lowest BCUT2D eigenvalue weighted by Crippen LogP contribution is -2.53. The van der Waals surface area contributed by atoms with Crippen molar-refractivity contribution in [1.82, 2.24) is 40.4 Å². The third kappa shape index (κ3) is 8.23. The number of hydrogen-bond acceptors (Lipinski definition) is 10. The third-order valence-electron chi connectivity index (χ3n) is 11.2. The van der Waals surface area contributed by atoms with Gasteiger partial charge in [0.1, 0.15) is 17.7 Å². The van der Waals surface area contributed by atoms with Crippen molar-refractivity contribution in [1.29, 1.82) is 0 Å². The molecule has 0 saturated carbocycles. The lowest BCUT2D eigenvalue weighted by atomic mass is 10.0. The monoisotopic (exact) mass is 782 g/mol. The van der Waals surface area contributed by atoms with E-state index in [4.69, 9.17) is 14.9 Å². The van der Waals surface area contributed by atoms with Crippen LogP contribution in [0.15, 0.2) is 101 Å². The molecule has 3 aliphatic heterocycles. The fraction of sp³-hybridized carbons (Fsp3) is 0.364. The van der Waals surface area contributed by atoms with Crippen molar-refractivity contribution >= 4 is 24.2 Å². The van der Waals surface area contributed by atoms with Crippen molar-refractivity contribution in [3.63, 3.8) is 0 Å². The average Bonchev–Trinajstić information content (AvgIpc) is 4.11. The molecule has 5 aromatic rings. The molecule has 4 atom stereocenters. The molecule has 4 N–H and O–H groups in total. The van der Waals surface area contributed by atoms with Crippen LogP contribution in [0.25, 0.3) is 33.6 Å². The van der Waals surface area contributed by atoms with Crippen LogP contribution in [-0.4, -0.2) is 93.2 Å². The second-order valence-corrected chi connectivity index (χ2v) is 15.3. The van der Waals surface area contributed by atoms with Crippen molar-refractivity contribution in [3.8, 4) is 33.6 Å². The van der Waals surface area contributed by atoms with Crippen LogP contribution < -0.4 is 10.6 Å². The lowest BCUT2D eigenvalue weighted by molar-refractivity contribution is -0.188. The van der Waals surface area contributed by atoms with Gasteiger partial charge in [-0.3, -0.25) is 14.6 Å². The molecule has 3 aromatic carbocycles. The first-order valence-electron chi connectivity index (χ1n) is 20.1. The fourth-order valence-electron chi connectivity index (χ4n) is 8.17. The molecule has 2 aromatic heterocycles. The molecule has 8 rings (SSSR count). The van der Waals surface area contributed by atoms with Crippen molar-refractivity contribution in [2.45, 2.75) is 63.7 Å². The van der Waals surface area contributed by atoms with Gasteiger partial charge in [-0.1, -0.05) is 92.7 Å². The standard InChI is InChI=1S/C44H50N10O4/c1-28(2)38(52-44-45-21-22-46-44)42(55)53-23-7-11-36(53)40-47-25-34(50-40)31-17-13-29(14-18-31)30-15-19-32(20-16-30)35-26-48-41(51-35)37-12-8-24-54(37)43(56)39(49-27-58-57-3)33-9-5-4-6-10-33/h4-6,9-10,13-20,25-28,36-39H,7-8,11-12,21-24H2,1-3H3,(H,47,50)(H,48,51)(H2,45,46,52)/b49-27-/t36-,37-,38-,39+/m0/s1. The van der Waals surface area contributed by atoms with E-state index in [0.29, 0.717) is 19.0 Å². The van der Waals surface area contributed by atoms with E-state index in [1.54, 1.807) is 0 Å². The molecule has 0 spiro atoms. The summed E-state index contributed by atoms with van der Waals surface area (Å²) in [7, 11) is 1.39. The van der Waals surface area contributed by atoms with Crippen LogP contribution in [-0.2, 0) is 19.4 Å². The molecular weight excluding hydrogens is 733 g/mol. The van der Waals surface area contributed by atoms with Crippen LogP contribution in [0.1, 0.15) is 74.9 Å². The van der Waals surface area contributed by atoms with Gasteiger partial charge in [0.15, 0.2) is 12.0 Å². The van der Waals surface area contributed by atoms with E-state index >= 15 is 0 Å². The van der Waals surface area contributed by atoms with Gasteiger partial charge in [0, 0.05) is 19.6 Å². The molecule has 0 aliphatic carbocycles. The number of aromatic nitrogens is 4. The molecule has 2 fully saturated rings. The van der Waals surface area contributed by atoms with Gasteiger partial charge in [-0.15, -0.1) is 0 Å². The Morgan fingerprint density at radius 2 is 1.34 bits per heavy atom.